The van der Waals surface area contributed by atoms with E-state index in [2.05, 4.69) is 22.2 Å². The van der Waals surface area contributed by atoms with Gasteiger partial charge >= 0.3 is 6.18 Å². The molecule has 2 aromatic rings. The van der Waals surface area contributed by atoms with Crippen molar-refractivity contribution >= 4 is 11.6 Å². The number of ether oxygens (including phenoxy) is 2. The molecule has 3 rings (SSSR count). The van der Waals surface area contributed by atoms with E-state index in [0.29, 0.717) is 12.1 Å². The van der Waals surface area contributed by atoms with Crippen LogP contribution in [0.3, 0.4) is 0 Å². The number of hydrogen-bond donors (Lipinski definition) is 1. The van der Waals surface area contributed by atoms with Gasteiger partial charge in [0.15, 0.2) is 0 Å². The maximum Gasteiger partial charge on any atom is 0.423 e. The van der Waals surface area contributed by atoms with Gasteiger partial charge in [-0.2, -0.15) is 18.2 Å². The number of hydrogen-bond acceptors (Lipinski definition) is 5. The molecule has 1 fully saturated rings. The van der Waals surface area contributed by atoms with Crippen LogP contribution in [0.4, 0.5) is 24.8 Å². The summed E-state index contributed by atoms with van der Waals surface area (Å²) in [4.78, 5) is 7.79. The van der Waals surface area contributed by atoms with Crippen molar-refractivity contribution in [2.45, 2.75) is 77.0 Å². The molecule has 1 aromatic heterocycles. The molecule has 8 heteroatoms. The molecular weight excluding hydrogens is 407 g/mol. The summed E-state index contributed by atoms with van der Waals surface area (Å²) in [5.74, 6) is 0.387. The lowest BCUT2D eigenvalue weighted by molar-refractivity contribution is -0.139. The van der Waals surface area contributed by atoms with Gasteiger partial charge in [-0.3, -0.25) is 0 Å². The minimum absolute atomic E-state index is 0.0532. The van der Waals surface area contributed by atoms with Crippen molar-refractivity contribution < 1.29 is 22.6 Å². The van der Waals surface area contributed by atoms with Gasteiger partial charge in [-0.15, -0.1) is 0 Å². The Morgan fingerprint density at radius 1 is 1.03 bits per heavy atom. The summed E-state index contributed by atoms with van der Waals surface area (Å²) < 4.78 is 51.2. The second-order valence-electron chi connectivity index (χ2n) is 7.85. The van der Waals surface area contributed by atoms with E-state index in [1.54, 1.807) is 12.1 Å². The smallest absolute Gasteiger partial charge is 0.423 e. The predicted molar refractivity (Wildman–Crippen MR) is 114 cm³/mol. The highest BCUT2D eigenvalue weighted by Crippen LogP contribution is 2.35. The third-order valence-corrected chi connectivity index (χ3v) is 5.26. The van der Waals surface area contributed by atoms with E-state index in [9.17, 15) is 13.2 Å². The summed E-state index contributed by atoms with van der Waals surface area (Å²) >= 11 is 0. The lowest BCUT2D eigenvalue weighted by Gasteiger charge is -2.23. The van der Waals surface area contributed by atoms with E-state index >= 15 is 0 Å². The van der Waals surface area contributed by atoms with E-state index in [4.69, 9.17) is 9.47 Å². The molecule has 0 radical (unpaired) electrons. The zero-order valence-corrected chi connectivity index (χ0v) is 17.9. The Morgan fingerprint density at radius 2 is 1.77 bits per heavy atom. The number of unbranched alkanes of at least 4 members (excludes halogenated alkanes) is 3. The molecule has 0 amide bonds. The van der Waals surface area contributed by atoms with Crippen molar-refractivity contribution in [2.75, 3.05) is 11.9 Å². The van der Waals surface area contributed by atoms with Gasteiger partial charge in [-0.25, -0.2) is 4.98 Å². The summed E-state index contributed by atoms with van der Waals surface area (Å²) in [6.45, 7) is 2.26. The minimum Gasteiger partial charge on any atom is -0.490 e. The molecule has 5 nitrogen and oxygen atoms in total. The Balaban J connectivity index is 1.63. The standard InChI is InChI=1S/C23H30F3N3O2/c1-2-3-4-8-15-30-21-20(23(24,25)26)16-27-22(29-21)28-17-11-13-19(14-12-17)31-18-9-6-5-7-10-18/h11-14,16,18H,2-10,15H2,1H3,(H,27,28,29). The predicted octanol–water partition coefficient (Wildman–Crippen LogP) is 6.91. The van der Waals surface area contributed by atoms with Crippen LogP contribution in [0, 0.1) is 0 Å². The minimum atomic E-state index is -4.57. The average Bonchev–Trinajstić information content (AvgIpc) is 2.75. The normalized spacial score (nSPS) is 15.0. The summed E-state index contributed by atoms with van der Waals surface area (Å²) in [5, 5.41) is 2.94. The van der Waals surface area contributed by atoms with E-state index in [1.807, 2.05) is 12.1 Å². The molecule has 0 aliphatic heterocycles. The fourth-order valence-corrected chi connectivity index (χ4v) is 3.55. The molecule has 1 N–H and O–H groups in total. The number of nitrogens with one attached hydrogen (secondary N) is 1. The molecule has 1 aliphatic rings. The molecule has 0 unspecified atom stereocenters. The topological polar surface area (TPSA) is 56.3 Å². The molecular formula is C23H30F3N3O2. The van der Waals surface area contributed by atoms with Gasteiger partial charge in [-0.05, 0) is 56.4 Å². The van der Waals surface area contributed by atoms with Gasteiger partial charge in [-0.1, -0.05) is 32.6 Å². The quantitative estimate of drug-likeness (QED) is 0.409. The van der Waals surface area contributed by atoms with Gasteiger partial charge in [0.25, 0.3) is 0 Å². The Labute approximate surface area is 181 Å². The molecule has 0 spiro atoms. The number of halogens is 3. The largest absolute Gasteiger partial charge is 0.490 e. The van der Waals surface area contributed by atoms with Gasteiger partial charge in [0.1, 0.15) is 11.3 Å². The third-order valence-electron chi connectivity index (χ3n) is 5.26. The van der Waals surface area contributed by atoms with Crippen LogP contribution >= 0.6 is 0 Å². The Bertz CT molecular complexity index is 807. The summed E-state index contributed by atoms with van der Waals surface area (Å²) in [7, 11) is 0. The van der Waals surface area contributed by atoms with Crippen LogP contribution in [0.2, 0.25) is 0 Å². The van der Waals surface area contributed by atoms with Crippen LogP contribution in [0.1, 0.15) is 70.3 Å². The van der Waals surface area contributed by atoms with Crippen molar-refractivity contribution in [3.8, 4) is 11.6 Å². The van der Waals surface area contributed by atoms with E-state index in [-0.39, 0.29) is 18.7 Å². The molecule has 31 heavy (non-hydrogen) atoms. The van der Waals surface area contributed by atoms with E-state index in [0.717, 1.165) is 44.1 Å². The molecule has 1 saturated carbocycles. The second kappa shape index (κ2) is 11.2. The monoisotopic (exact) mass is 437 g/mol. The number of anilines is 2. The zero-order valence-electron chi connectivity index (χ0n) is 17.9. The SMILES string of the molecule is CCCCCCOc1nc(Nc2ccc(OC3CCCCC3)cc2)ncc1C(F)(F)F. The van der Waals surface area contributed by atoms with Crippen LogP contribution in [0.5, 0.6) is 11.6 Å². The van der Waals surface area contributed by atoms with E-state index in [1.165, 1.54) is 19.3 Å². The van der Waals surface area contributed by atoms with Crippen molar-refractivity contribution in [1.29, 1.82) is 0 Å². The fraction of sp³-hybridized carbons (Fsp3) is 0.565. The van der Waals surface area contributed by atoms with Crippen LogP contribution in [0.25, 0.3) is 0 Å². The van der Waals surface area contributed by atoms with Crippen molar-refractivity contribution in [1.82, 2.24) is 9.97 Å². The number of aromatic nitrogens is 2. The Kier molecular flexibility index (Phi) is 8.37. The van der Waals surface area contributed by atoms with Gasteiger partial charge in [0, 0.05) is 11.9 Å². The van der Waals surface area contributed by atoms with Crippen LogP contribution in [-0.4, -0.2) is 22.7 Å². The van der Waals surface area contributed by atoms with Gasteiger partial charge < -0.3 is 14.8 Å². The Morgan fingerprint density at radius 3 is 2.45 bits per heavy atom. The molecule has 1 heterocycles. The Hall–Kier alpha value is -2.51. The highest BCUT2D eigenvalue weighted by molar-refractivity contribution is 5.55. The first-order valence-electron chi connectivity index (χ1n) is 11.1. The second-order valence-corrected chi connectivity index (χ2v) is 7.85. The first kappa shape index (κ1) is 23.2. The summed E-state index contributed by atoms with van der Waals surface area (Å²) in [6, 6.07) is 7.27. The summed E-state index contributed by atoms with van der Waals surface area (Å²) in [5.41, 5.74) is -0.311. The van der Waals surface area contributed by atoms with Crippen molar-refractivity contribution in [3.63, 3.8) is 0 Å². The van der Waals surface area contributed by atoms with Gasteiger partial charge in [0.05, 0.1) is 12.7 Å². The maximum absolute atomic E-state index is 13.3. The highest BCUT2D eigenvalue weighted by atomic mass is 19.4. The first-order valence-corrected chi connectivity index (χ1v) is 11.1. The van der Waals surface area contributed by atoms with Crippen LogP contribution < -0.4 is 14.8 Å². The lowest BCUT2D eigenvalue weighted by Crippen LogP contribution is -2.19. The summed E-state index contributed by atoms with van der Waals surface area (Å²) in [6.07, 6.45) is 5.88. The lowest BCUT2D eigenvalue weighted by atomic mass is 9.98. The van der Waals surface area contributed by atoms with Crippen molar-refractivity contribution in [2.24, 2.45) is 0 Å². The van der Waals surface area contributed by atoms with Crippen LogP contribution in [0.15, 0.2) is 30.5 Å². The van der Waals surface area contributed by atoms with E-state index < -0.39 is 17.6 Å². The maximum atomic E-state index is 13.3. The molecule has 1 aliphatic carbocycles. The highest BCUT2D eigenvalue weighted by Gasteiger charge is 2.36. The zero-order chi connectivity index (χ0) is 22.1. The van der Waals surface area contributed by atoms with Crippen molar-refractivity contribution in [3.05, 3.63) is 36.0 Å². The number of benzene rings is 1. The molecule has 0 saturated heterocycles. The number of rotatable bonds is 10. The first-order chi connectivity index (χ1) is 15.0. The number of nitrogens with zero attached hydrogens (tertiary/aromatic N) is 2. The van der Waals surface area contributed by atoms with Gasteiger partial charge in [0.2, 0.25) is 11.8 Å². The fourth-order valence-electron chi connectivity index (χ4n) is 3.55. The number of alkyl halides is 3. The molecule has 0 bridgehead atoms. The average molecular weight is 438 g/mol. The molecule has 170 valence electrons. The third kappa shape index (κ3) is 7.29. The molecule has 1 aromatic carbocycles. The molecule has 0 atom stereocenters. The van der Waals surface area contributed by atoms with Crippen LogP contribution in [-0.2, 0) is 6.18 Å².